The Morgan fingerprint density at radius 2 is 1.72 bits per heavy atom. The fraction of sp³-hybridized carbons (Fsp3) is 0.182. The van der Waals surface area contributed by atoms with Gasteiger partial charge in [-0.2, -0.15) is 0 Å². The first-order chi connectivity index (χ1) is 14.0. The van der Waals surface area contributed by atoms with Crippen LogP contribution < -0.4 is 10.6 Å². The lowest BCUT2D eigenvalue weighted by molar-refractivity contribution is 0.0526. The molecule has 0 unspecified atom stereocenters. The zero-order valence-corrected chi connectivity index (χ0v) is 16.3. The van der Waals surface area contributed by atoms with E-state index in [9.17, 15) is 9.59 Å². The van der Waals surface area contributed by atoms with E-state index in [0.717, 1.165) is 5.56 Å². The minimum atomic E-state index is -0.372. The molecule has 0 aliphatic carbocycles. The van der Waals surface area contributed by atoms with E-state index in [1.54, 1.807) is 44.2 Å². The summed E-state index contributed by atoms with van der Waals surface area (Å²) >= 11 is 0. The van der Waals surface area contributed by atoms with Crippen LogP contribution in [0.2, 0.25) is 0 Å². The summed E-state index contributed by atoms with van der Waals surface area (Å²) in [5.74, 6) is -0.345. The average Bonchev–Trinajstić information content (AvgIpc) is 2.73. The van der Waals surface area contributed by atoms with Gasteiger partial charge in [0.1, 0.15) is 5.69 Å². The lowest BCUT2D eigenvalue weighted by Gasteiger charge is -2.09. The molecule has 0 atom stereocenters. The van der Waals surface area contributed by atoms with Gasteiger partial charge < -0.3 is 15.4 Å². The Labute approximate surface area is 169 Å². The summed E-state index contributed by atoms with van der Waals surface area (Å²) in [5.41, 5.74) is 3.10. The fourth-order valence-electron chi connectivity index (χ4n) is 2.64. The molecule has 29 heavy (non-hydrogen) atoms. The number of nitrogens with one attached hydrogen (secondary N) is 2. The van der Waals surface area contributed by atoms with Crippen molar-refractivity contribution in [1.82, 2.24) is 15.3 Å². The van der Waals surface area contributed by atoms with E-state index >= 15 is 0 Å². The number of hydrogen-bond donors (Lipinski definition) is 2. The summed E-state index contributed by atoms with van der Waals surface area (Å²) in [4.78, 5) is 32.8. The maximum atomic E-state index is 12.5. The third-order valence-electron chi connectivity index (χ3n) is 4.03. The number of benzene rings is 2. The molecule has 1 heterocycles. The number of amides is 1. The Bertz CT molecular complexity index is 989. The van der Waals surface area contributed by atoms with E-state index in [0.29, 0.717) is 36.0 Å². The monoisotopic (exact) mass is 390 g/mol. The van der Waals surface area contributed by atoms with E-state index in [2.05, 4.69) is 20.6 Å². The first-order valence-electron chi connectivity index (χ1n) is 9.27. The van der Waals surface area contributed by atoms with Crippen molar-refractivity contribution in [1.29, 1.82) is 0 Å². The number of hydrogen-bond acceptors (Lipinski definition) is 6. The van der Waals surface area contributed by atoms with Crippen molar-refractivity contribution in [3.05, 3.63) is 83.2 Å². The number of ether oxygens (including phenoxy) is 1. The SMILES string of the molecule is CCOC(=O)c1ccc(Nc2nc(C)cc(C(=O)NCc3ccccc3)n2)cc1. The van der Waals surface area contributed by atoms with Crippen LogP contribution in [0.3, 0.4) is 0 Å². The molecule has 7 heteroatoms. The molecule has 7 nitrogen and oxygen atoms in total. The van der Waals surface area contributed by atoms with Gasteiger partial charge >= 0.3 is 5.97 Å². The molecule has 3 rings (SSSR count). The summed E-state index contributed by atoms with van der Waals surface area (Å²) < 4.78 is 4.97. The van der Waals surface area contributed by atoms with Crippen molar-refractivity contribution in [3.8, 4) is 0 Å². The molecule has 0 fully saturated rings. The van der Waals surface area contributed by atoms with Gasteiger partial charge in [0.05, 0.1) is 12.2 Å². The van der Waals surface area contributed by atoms with Gasteiger partial charge in [-0.1, -0.05) is 30.3 Å². The molecule has 0 spiro atoms. The standard InChI is InChI=1S/C22H22N4O3/c1-3-29-21(28)17-9-11-18(12-10-17)25-22-24-15(2)13-19(26-22)20(27)23-14-16-7-5-4-6-8-16/h4-13H,3,14H2,1-2H3,(H,23,27)(H,24,25,26). The minimum absolute atomic E-state index is 0.277. The number of aryl methyl sites for hydroxylation is 1. The van der Waals surface area contributed by atoms with Crippen molar-refractivity contribution in [2.75, 3.05) is 11.9 Å². The average molecular weight is 390 g/mol. The molecule has 1 aromatic heterocycles. The summed E-state index contributed by atoms with van der Waals surface area (Å²) in [5, 5.41) is 5.91. The molecular formula is C22H22N4O3. The molecule has 0 saturated carbocycles. The number of esters is 1. The van der Waals surface area contributed by atoms with Crippen molar-refractivity contribution < 1.29 is 14.3 Å². The van der Waals surface area contributed by atoms with Crippen LogP contribution in [0, 0.1) is 6.92 Å². The van der Waals surface area contributed by atoms with Crippen LogP contribution in [-0.4, -0.2) is 28.5 Å². The molecular weight excluding hydrogens is 368 g/mol. The Morgan fingerprint density at radius 1 is 1.00 bits per heavy atom. The summed E-state index contributed by atoms with van der Waals surface area (Å²) in [7, 11) is 0. The van der Waals surface area contributed by atoms with Gasteiger partial charge in [0, 0.05) is 17.9 Å². The maximum Gasteiger partial charge on any atom is 0.338 e. The van der Waals surface area contributed by atoms with Crippen LogP contribution >= 0.6 is 0 Å². The molecule has 0 aliphatic heterocycles. The second-order valence-corrected chi connectivity index (χ2v) is 6.31. The lowest BCUT2D eigenvalue weighted by Crippen LogP contribution is -2.24. The van der Waals surface area contributed by atoms with Crippen LogP contribution in [0.15, 0.2) is 60.7 Å². The molecule has 0 radical (unpaired) electrons. The molecule has 0 aliphatic rings. The van der Waals surface area contributed by atoms with Crippen LogP contribution in [-0.2, 0) is 11.3 Å². The topological polar surface area (TPSA) is 93.2 Å². The number of nitrogens with zero attached hydrogens (tertiary/aromatic N) is 2. The number of carbonyl (C=O) groups is 2. The fourth-order valence-corrected chi connectivity index (χ4v) is 2.64. The second kappa shape index (κ2) is 9.45. The van der Waals surface area contributed by atoms with Crippen LogP contribution in [0.1, 0.15) is 39.0 Å². The second-order valence-electron chi connectivity index (χ2n) is 6.31. The van der Waals surface area contributed by atoms with Gasteiger partial charge in [0.2, 0.25) is 5.95 Å². The molecule has 2 aromatic carbocycles. The first-order valence-corrected chi connectivity index (χ1v) is 9.27. The lowest BCUT2D eigenvalue weighted by atomic mass is 10.2. The predicted octanol–water partition coefficient (Wildman–Crippen LogP) is 3.64. The smallest absolute Gasteiger partial charge is 0.338 e. The highest BCUT2D eigenvalue weighted by atomic mass is 16.5. The Hall–Kier alpha value is -3.74. The molecule has 0 bridgehead atoms. The van der Waals surface area contributed by atoms with Gasteiger partial charge in [-0.05, 0) is 49.7 Å². The van der Waals surface area contributed by atoms with Gasteiger partial charge in [0.25, 0.3) is 5.91 Å². The van der Waals surface area contributed by atoms with E-state index in [4.69, 9.17) is 4.74 Å². The highest BCUT2D eigenvalue weighted by molar-refractivity contribution is 5.92. The van der Waals surface area contributed by atoms with Crippen molar-refractivity contribution in [2.24, 2.45) is 0 Å². The number of carbonyl (C=O) groups excluding carboxylic acids is 2. The van der Waals surface area contributed by atoms with Crippen molar-refractivity contribution >= 4 is 23.5 Å². The minimum Gasteiger partial charge on any atom is -0.462 e. The van der Waals surface area contributed by atoms with E-state index in [1.807, 2.05) is 30.3 Å². The molecule has 1 amide bonds. The number of aromatic nitrogens is 2. The number of anilines is 2. The van der Waals surface area contributed by atoms with Gasteiger partial charge in [-0.25, -0.2) is 14.8 Å². The highest BCUT2D eigenvalue weighted by Crippen LogP contribution is 2.16. The van der Waals surface area contributed by atoms with E-state index < -0.39 is 0 Å². The Kier molecular flexibility index (Phi) is 6.52. The van der Waals surface area contributed by atoms with Gasteiger partial charge in [0.15, 0.2) is 0 Å². The van der Waals surface area contributed by atoms with Crippen LogP contribution in [0.25, 0.3) is 0 Å². The van der Waals surface area contributed by atoms with Crippen molar-refractivity contribution in [3.63, 3.8) is 0 Å². The highest BCUT2D eigenvalue weighted by Gasteiger charge is 2.11. The summed E-state index contributed by atoms with van der Waals surface area (Å²) in [6.07, 6.45) is 0. The summed E-state index contributed by atoms with van der Waals surface area (Å²) in [6.45, 7) is 4.30. The molecule has 148 valence electrons. The molecule has 0 saturated heterocycles. The van der Waals surface area contributed by atoms with E-state index in [1.165, 1.54) is 0 Å². The zero-order chi connectivity index (χ0) is 20.6. The Morgan fingerprint density at radius 3 is 2.41 bits per heavy atom. The largest absolute Gasteiger partial charge is 0.462 e. The quantitative estimate of drug-likeness (QED) is 0.599. The third-order valence-corrected chi connectivity index (χ3v) is 4.03. The Balaban J connectivity index is 1.68. The van der Waals surface area contributed by atoms with Gasteiger partial charge in [-0.15, -0.1) is 0 Å². The number of rotatable bonds is 7. The molecule has 2 N–H and O–H groups in total. The van der Waals surface area contributed by atoms with E-state index in [-0.39, 0.29) is 17.6 Å². The van der Waals surface area contributed by atoms with Gasteiger partial charge in [-0.3, -0.25) is 4.79 Å². The van der Waals surface area contributed by atoms with Crippen molar-refractivity contribution in [2.45, 2.75) is 20.4 Å². The first kappa shape index (κ1) is 20.0. The zero-order valence-electron chi connectivity index (χ0n) is 16.3. The maximum absolute atomic E-state index is 12.5. The van der Waals surface area contributed by atoms with Crippen LogP contribution in [0.5, 0.6) is 0 Å². The summed E-state index contributed by atoms with van der Waals surface area (Å²) in [6, 6.07) is 18.1. The normalized spacial score (nSPS) is 10.3. The third kappa shape index (κ3) is 5.62. The molecule has 3 aromatic rings. The predicted molar refractivity (Wildman–Crippen MR) is 110 cm³/mol. The van der Waals surface area contributed by atoms with Crippen LogP contribution in [0.4, 0.5) is 11.6 Å².